The number of hydrogen-bond acceptors (Lipinski definition) is 3. The third-order valence-corrected chi connectivity index (χ3v) is 4.62. The topological polar surface area (TPSA) is 41.9 Å². The number of aryl methyl sites for hydroxylation is 2. The van der Waals surface area contributed by atoms with Crippen molar-refractivity contribution in [2.24, 2.45) is 4.99 Å². The monoisotopic (exact) mass is 372 g/mol. The average Bonchev–Trinajstić information content (AvgIpc) is 2.61. The number of rotatable bonds is 6. The van der Waals surface area contributed by atoms with Crippen molar-refractivity contribution in [3.05, 3.63) is 63.7 Å². The molecule has 1 unspecified atom stereocenters. The molecular weight excluding hydrogens is 348 g/mol. The summed E-state index contributed by atoms with van der Waals surface area (Å²) in [5.74, 6) is -0.388. The van der Waals surface area contributed by atoms with E-state index in [9.17, 15) is 4.79 Å². The normalized spacial score (nSPS) is 12.2. The van der Waals surface area contributed by atoms with Crippen molar-refractivity contribution in [1.29, 1.82) is 0 Å². The first-order valence-electron chi connectivity index (χ1n) is 8.64. The van der Waals surface area contributed by atoms with Crippen molar-refractivity contribution in [3.63, 3.8) is 0 Å². The molecule has 138 valence electrons. The Bertz CT molecular complexity index is 818. The van der Waals surface area contributed by atoms with Crippen molar-refractivity contribution in [2.45, 2.75) is 33.8 Å². The van der Waals surface area contributed by atoms with Gasteiger partial charge in [0.25, 0.3) is 0 Å². The molecule has 5 heteroatoms. The molecule has 0 radical (unpaired) electrons. The second-order valence-corrected chi connectivity index (χ2v) is 6.75. The molecule has 0 aromatic heterocycles. The fourth-order valence-corrected chi connectivity index (χ4v) is 2.77. The molecule has 0 aliphatic carbocycles. The Hall–Kier alpha value is -2.33. The van der Waals surface area contributed by atoms with Gasteiger partial charge >= 0.3 is 5.97 Å². The van der Waals surface area contributed by atoms with Gasteiger partial charge < -0.3 is 9.64 Å². The Morgan fingerprint density at radius 1 is 1.27 bits per heavy atom. The zero-order valence-corrected chi connectivity index (χ0v) is 16.7. The highest BCUT2D eigenvalue weighted by molar-refractivity contribution is 6.33. The zero-order chi connectivity index (χ0) is 19.3. The van der Waals surface area contributed by atoms with Crippen molar-refractivity contribution >= 4 is 29.6 Å². The first-order chi connectivity index (χ1) is 12.3. The minimum absolute atomic E-state index is 0.335. The molecule has 2 aromatic rings. The number of esters is 1. The standard InChI is InChI=1S/C21H25ClN2O2/c1-6-24(5)13-23-20-11-15(3)18(12-19(20)22)21(25)26-16(4)17-10-8-7-9-14(17)2/h7-13,16H,6H2,1-5H3. The summed E-state index contributed by atoms with van der Waals surface area (Å²) in [6.07, 6.45) is 1.39. The van der Waals surface area contributed by atoms with E-state index < -0.39 is 0 Å². The molecule has 0 spiro atoms. The molecular formula is C21H25ClN2O2. The summed E-state index contributed by atoms with van der Waals surface area (Å²) >= 11 is 6.31. The molecule has 0 bridgehead atoms. The molecule has 0 heterocycles. The van der Waals surface area contributed by atoms with Gasteiger partial charge in [-0.2, -0.15) is 0 Å². The van der Waals surface area contributed by atoms with Gasteiger partial charge in [0.15, 0.2) is 0 Å². The Balaban J connectivity index is 2.20. The smallest absolute Gasteiger partial charge is 0.339 e. The lowest BCUT2D eigenvalue weighted by Gasteiger charge is -2.17. The van der Waals surface area contributed by atoms with Gasteiger partial charge in [0, 0.05) is 13.6 Å². The van der Waals surface area contributed by atoms with E-state index in [0.717, 1.165) is 23.2 Å². The maximum Gasteiger partial charge on any atom is 0.339 e. The molecule has 0 fully saturated rings. The van der Waals surface area contributed by atoms with Gasteiger partial charge in [-0.1, -0.05) is 35.9 Å². The lowest BCUT2D eigenvalue weighted by molar-refractivity contribution is 0.0336. The van der Waals surface area contributed by atoms with E-state index in [0.29, 0.717) is 16.3 Å². The van der Waals surface area contributed by atoms with Crippen LogP contribution in [0.25, 0.3) is 0 Å². The summed E-state index contributed by atoms with van der Waals surface area (Å²) in [6.45, 7) is 8.61. The molecule has 0 N–H and O–H groups in total. The van der Waals surface area contributed by atoms with E-state index in [1.807, 2.05) is 63.9 Å². The maximum absolute atomic E-state index is 12.6. The van der Waals surface area contributed by atoms with Crippen LogP contribution < -0.4 is 0 Å². The molecule has 0 saturated carbocycles. The fourth-order valence-electron chi connectivity index (χ4n) is 2.56. The number of benzene rings is 2. The minimum atomic E-state index is -0.388. The molecule has 0 aliphatic heterocycles. The van der Waals surface area contributed by atoms with Crippen molar-refractivity contribution in [2.75, 3.05) is 13.6 Å². The van der Waals surface area contributed by atoms with Gasteiger partial charge in [0.05, 0.1) is 22.6 Å². The van der Waals surface area contributed by atoms with Gasteiger partial charge in [-0.15, -0.1) is 0 Å². The van der Waals surface area contributed by atoms with Crippen LogP contribution in [0.4, 0.5) is 5.69 Å². The maximum atomic E-state index is 12.6. The highest BCUT2D eigenvalue weighted by Crippen LogP contribution is 2.30. The second-order valence-electron chi connectivity index (χ2n) is 6.34. The average molecular weight is 373 g/mol. The van der Waals surface area contributed by atoms with Crippen LogP contribution in [0.5, 0.6) is 0 Å². The number of ether oxygens (including phenoxy) is 1. The van der Waals surface area contributed by atoms with Crippen LogP contribution in [0.15, 0.2) is 41.4 Å². The molecule has 4 nitrogen and oxygen atoms in total. The van der Waals surface area contributed by atoms with Crippen LogP contribution in [0.3, 0.4) is 0 Å². The first kappa shape index (κ1) is 20.0. The molecule has 0 aliphatic rings. The number of halogens is 1. The zero-order valence-electron chi connectivity index (χ0n) is 15.9. The number of aliphatic imine (C=N–C) groups is 1. The number of carbonyl (C=O) groups excluding carboxylic acids is 1. The van der Waals surface area contributed by atoms with E-state index in [2.05, 4.69) is 4.99 Å². The summed E-state index contributed by atoms with van der Waals surface area (Å²) in [7, 11) is 1.93. The highest BCUT2D eigenvalue weighted by Gasteiger charge is 2.18. The molecule has 2 rings (SSSR count). The SMILES string of the molecule is CCN(C)C=Nc1cc(C)c(C(=O)OC(C)c2ccccc2C)cc1Cl. The quantitative estimate of drug-likeness (QED) is 0.382. The largest absolute Gasteiger partial charge is 0.454 e. The predicted molar refractivity (Wildman–Crippen MR) is 108 cm³/mol. The Kier molecular flexibility index (Phi) is 6.81. The van der Waals surface area contributed by atoms with E-state index in [4.69, 9.17) is 16.3 Å². The van der Waals surface area contributed by atoms with Crippen LogP contribution in [0.1, 0.15) is 47.0 Å². The van der Waals surface area contributed by atoms with Gasteiger partial charge in [-0.3, -0.25) is 0 Å². The van der Waals surface area contributed by atoms with E-state index in [1.54, 1.807) is 18.5 Å². The van der Waals surface area contributed by atoms with E-state index >= 15 is 0 Å². The van der Waals surface area contributed by atoms with E-state index in [-0.39, 0.29) is 12.1 Å². The molecule has 0 amide bonds. The van der Waals surface area contributed by atoms with Crippen LogP contribution in [-0.4, -0.2) is 30.8 Å². The van der Waals surface area contributed by atoms with Gasteiger partial charge in [0.2, 0.25) is 0 Å². The third kappa shape index (κ3) is 4.85. The third-order valence-electron chi connectivity index (χ3n) is 4.32. The van der Waals surface area contributed by atoms with Crippen LogP contribution in [0.2, 0.25) is 5.02 Å². The number of nitrogens with zero attached hydrogens (tertiary/aromatic N) is 2. The van der Waals surface area contributed by atoms with Gasteiger partial charge in [0.1, 0.15) is 6.10 Å². The van der Waals surface area contributed by atoms with Crippen molar-refractivity contribution in [1.82, 2.24) is 4.90 Å². The first-order valence-corrected chi connectivity index (χ1v) is 9.02. The van der Waals surface area contributed by atoms with Crippen molar-refractivity contribution in [3.8, 4) is 0 Å². The van der Waals surface area contributed by atoms with Gasteiger partial charge in [-0.05, 0) is 56.5 Å². The number of carbonyl (C=O) groups is 1. The highest BCUT2D eigenvalue weighted by atomic mass is 35.5. The molecule has 26 heavy (non-hydrogen) atoms. The molecule has 2 aromatic carbocycles. The molecule has 0 saturated heterocycles. The van der Waals surface area contributed by atoms with Crippen LogP contribution in [-0.2, 0) is 4.74 Å². The van der Waals surface area contributed by atoms with Crippen LogP contribution in [0, 0.1) is 13.8 Å². The molecule has 1 atom stereocenters. The summed E-state index contributed by atoms with van der Waals surface area (Å²) in [4.78, 5) is 18.9. The van der Waals surface area contributed by atoms with Crippen LogP contribution >= 0.6 is 11.6 Å². The lowest BCUT2D eigenvalue weighted by atomic mass is 10.0. The Morgan fingerprint density at radius 2 is 1.96 bits per heavy atom. The van der Waals surface area contributed by atoms with E-state index in [1.165, 1.54) is 0 Å². The summed E-state index contributed by atoms with van der Waals surface area (Å²) in [5.41, 5.74) is 3.95. The predicted octanol–water partition coefficient (Wildman–Crippen LogP) is 5.49. The second kappa shape index (κ2) is 8.86. The number of hydrogen-bond donors (Lipinski definition) is 0. The minimum Gasteiger partial charge on any atom is -0.454 e. The summed E-state index contributed by atoms with van der Waals surface area (Å²) in [6, 6.07) is 11.3. The Labute approximate surface area is 160 Å². The Morgan fingerprint density at radius 3 is 2.62 bits per heavy atom. The summed E-state index contributed by atoms with van der Waals surface area (Å²) < 4.78 is 5.65. The lowest BCUT2D eigenvalue weighted by Crippen LogP contribution is -2.14. The van der Waals surface area contributed by atoms with Gasteiger partial charge in [-0.25, -0.2) is 9.79 Å². The summed E-state index contributed by atoms with van der Waals surface area (Å²) in [5, 5.41) is 0.423. The van der Waals surface area contributed by atoms with Crippen molar-refractivity contribution < 1.29 is 9.53 Å². The fraction of sp³-hybridized carbons (Fsp3) is 0.333.